The lowest BCUT2D eigenvalue weighted by Crippen LogP contribution is -2.40. The summed E-state index contributed by atoms with van der Waals surface area (Å²) in [6.45, 7) is 6.51. The van der Waals surface area contributed by atoms with Gasteiger partial charge in [0, 0.05) is 12.1 Å². The Morgan fingerprint density at radius 1 is 1.24 bits per heavy atom. The molecule has 3 N–H and O–H groups in total. The summed E-state index contributed by atoms with van der Waals surface area (Å²) >= 11 is 0. The second-order valence-electron chi connectivity index (χ2n) is 4.97. The third kappa shape index (κ3) is 5.36. The van der Waals surface area contributed by atoms with Crippen molar-refractivity contribution in [3.8, 4) is 0 Å². The minimum Gasteiger partial charge on any atom is -0.445 e. The van der Waals surface area contributed by atoms with Gasteiger partial charge in [-0.3, -0.25) is 0 Å². The van der Waals surface area contributed by atoms with Gasteiger partial charge in [-0.05, 0) is 31.9 Å². The van der Waals surface area contributed by atoms with Crippen LogP contribution >= 0.6 is 0 Å². The molecule has 0 fully saturated rings. The number of nitrogens with two attached hydrogens (primary N) is 1. The zero-order chi connectivity index (χ0) is 12.9. The summed E-state index contributed by atoms with van der Waals surface area (Å²) in [5.41, 5.74) is 7.23. The highest BCUT2D eigenvalue weighted by Crippen LogP contribution is 2.06. The maximum atomic E-state index is 11.4. The van der Waals surface area contributed by atoms with Crippen molar-refractivity contribution in [2.75, 3.05) is 0 Å². The van der Waals surface area contributed by atoms with E-state index >= 15 is 0 Å². The summed E-state index contributed by atoms with van der Waals surface area (Å²) in [5.74, 6) is 0. The van der Waals surface area contributed by atoms with Gasteiger partial charge in [-0.25, -0.2) is 4.79 Å². The van der Waals surface area contributed by atoms with Crippen LogP contribution in [-0.2, 0) is 17.9 Å². The van der Waals surface area contributed by atoms with E-state index in [0.29, 0.717) is 6.54 Å². The Hall–Kier alpha value is -1.55. The largest absolute Gasteiger partial charge is 0.445 e. The van der Waals surface area contributed by atoms with E-state index in [1.807, 2.05) is 45.0 Å². The number of hydrogen-bond acceptors (Lipinski definition) is 3. The number of carbonyl (C=O) groups excluding carboxylic acids is 1. The highest BCUT2D eigenvalue weighted by Gasteiger charge is 2.14. The van der Waals surface area contributed by atoms with Crippen LogP contribution in [0.4, 0.5) is 4.79 Å². The standard InChI is InChI=1S/C13H20N2O2/c1-13(2,3)15-12(16)17-9-11-6-4-10(8-14)5-7-11/h4-7H,8-9,14H2,1-3H3,(H,15,16). The van der Waals surface area contributed by atoms with Gasteiger partial charge in [-0.2, -0.15) is 0 Å². The van der Waals surface area contributed by atoms with Crippen LogP contribution < -0.4 is 11.1 Å². The highest BCUT2D eigenvalue weighted by molar-refractivity contribution is 5.68. The Morgan fingerprint density at radius 2 is 1.76 bits per heavy atom. The molecular weight excluding hydrogens is 216 g/mol. The Bertz CT molecular complexity index is 366. The SMILES string of the molecule is CC(C)(C)NC(=O)OCc1ccc(CN)cc1. The molecule has 1 amide bonds. The Labute approximate surface area is 102 Å². The van der Waals surface area contributed by atoms with Crippen molar-refractivity contribution in [1.82, 2.24) is 5.32 Å². The van der Waals surface area contributed by atoms with Crippen molar-refractivity contribution < 1.29 is 9.53 Å². The van der Waals surface area contributed by atoms with Gasteiger partial charge in [-0.15, -0.1) is 0 Å². The molecule has 4 heteroatoms. The lowest BCUT2D eigenvalue weighted by atomic mass is 10.1. The fraction of sp³-hybridized carbons (Fsp3) is 0.462. The van der Waals surface area contributed by atoms with Crippen molar-refractivity contribution in [3.63, 3.8) is 0 Å². The van der Waals surface area contributed by atoms with Crippen LogP contribution in [0.1, 0.15) is 31.9 Å². The quantitative estimate of drug-likeness (QED) is 0.845. The van der Waals surface area contributed by atoms with E-state index in [-0.39, 0.29) is 12.1 Å². The van der Waals surface area contributed by atoms with Crippen LogP contribution in [0.5, 0.6) is 0 Å². The number of amides is 1. The number of carbonyl (C=O) groups is 1. The third-order valence-corrected chi connectivity index (χ3v) is 2.11. The maximum Gasteiger partial charge on any atom is 0.407 e. The smallest absolute Gasteiger partial charge is 0.407 e. The lowest BCUT2D eigenvalue weighted by molar-refractivity contribution is 0.131. The average Bonchev–Trinajstić information content (AvgIpc) is 2.25. The molecule has 0 atom stereocenters. The van der Waals surface area contributed by atoms with Crippen molar-refractivity contribution in [2.45, 2.75) is 39.5 Å². The number of alkyl carbamates (subject to hydrolysis) is 1. The Balaban J connectivity index is 2.42. The zero-order valence-electron chi connectivity index (χ0n) is 10.6. The molecular formula is C13H20N2O2. The minimum atomic E-state index is -0.402. The molecule has 0 bridgehead atoms. The molecule has 1 aromatic rings. The molecule has 0 saturated heterocycles. The third-order valence-electron chi connectivity index (χ3n) is 2.11. The molecule has 1 aromatic carbocycles. The van der Waals surface area contributed by atoms with E-state index < -0.39 is 6.09 Å². The molecule has 17 heavy (non-hydrogen) atoms. The first kappa shape index (κ1) is 13.5. The molecule has 0 aromatic heterocycles. The Kier molecular flexibility index (Phi) is 4.52. The van der Waals surface area contributed by atoms with E-state index in [9.17, 15) is 4.79 Å². The monoisotopic (exact) mass is 236 g/mol. The van der Waals surface area contributed by atoms with Crippen molar-refractivity contribution >= 4 is 6.09 Å². The maximum absolute atomic E-state index is 11.4. The molecule has 94 valence electrons. The van der Waals surface area contributed by atoms with Gasteiger partial charge in [0.15, 0.2) is 0 Å². The van der Waals surface area contributed by atoms with Gasteiger partial charge in [0.25, 0.3) is 0 Å². The summed E-state index contributed by atoms with van der Waals surface area (Å²) < 4.78 is 5.10. The topological polar surface area (TPSA) is 64.3 Å². The lowest BCUT2D eigenvalue weighted by Gasteiger charge is -2.19. The first-order valence-electron chi connectivity index (χ1n) is 5.63. The van der Waals surface area contributed by atoms with Crippen LogP contribution in [0.15, 0.2) is 24.3 Å². The Morgan fingerprint density at radius 3 is 2.24 bits per heavy atom. The summed E-state index contributed by atoms with van der Waals surface area (Å²) in [6.07, 6.45) is -0.402. The molecule has 1 rings (SSSR count). The molecule has 0 heterocycles. The van der Waals surface area contributed by atoms with Crippen LogP contribution in [0.3, 0.4) is 0 Å². The molecule has 0 aliphatic carbocycles. The number of benzene rings is 1. The second-order valence-corrected chi connectivity index (χ2v) is 4.97. The number of ether oxygens (including phenoxy) is 1. The molecule has 0 aliphatic rings. The van der Waals surface area contributed by atoms with Crippen LogP contribution in [0, 0.1) is 0 Å². The van der Waals surface area contributed by atoms with Crippen molar-refractivity contribution in [1.29, 1.82) is 0 Å². The van der Waals surface area contributed by atoms with E-state index in [4.69, 9.17) is 10.5 Å². The van der Waals surface area contributed by atoms with E-state index in [2.05, 4.69) is 5.32 Å². The first-order chi connectivity index (χ1) is 7.90. The fourth-order valence-electron chi connectivity index (χ4n) is 1.26. The normalized spacial score (nSPS) is 11.1. The summed E-state index contributed by atoms with van der Waals surface area (Å²) in [6, 6.07) is 7.68. The molecule has 0 spiro atoms. The molecule has 0 saturated carbocycles. The summed E-state index contributed by atoms with van der Waals surface area (Å²) in [5, 5.41) is 2.73. The van der Waals surface area contributed by atoms with Gasteiger partial charge >= 0.3 is 6.09 Å². The number of nitrogens with one attached hydrogen (secondary N) is 1. The highest BCUT2D eigenvalue weighted by atomic mass is 16.5. The van der Waals surface area contributed by atoms with Crippen molar-refractivity contribution in [2.24, 2.45) is 5.73 Å². The van der Waals surface area contributed by atoms with Gasteiger partial charge in [0.2, 0.25) is 0 Å². The van der Waals surface area contributed by atoms with Crippen molar-refractivity contribution in [3.05, 3.63) is 35.4 Å². The first-order valence-corrected chi connectivity index (χ1v) is 5.63. The number of hydrogen-bond donors (Lipinski definition) is 2. The van der Waals surface area contributed by atoms with Gasteiger partial charge in [0.05, 0.1) is 0 Å². The van der Waals surface area contributed by atoms with E-state index in [0.717, 1.165) is 11.1 Å². The average molecular weight is 236 g/mol. The zero-order valence-corrected chi connectivity index (χ0v) is 10.6. The molecule has 0 aliphatic heterocycles. The van der Waals surface area contributed by atoms with E-state index in [1.54, 1.807) is 0 Å². The van der Waals surface area contributed by atoms with Crippen LogP contribution in [0.2, 0.25) is 0 Å². The van der Waals surface area contributed by atoms with Crippen LogP contribution in [0.25, 0.3) is 0 Å². The predicted octanol–water partition coefficient (Wildman–Crippen LogP) is 2.17. The predicted molar refractivity (Wildman–Crippen MR) is 67.4 cm³/mol. The second kappa shape index (κ2) is 5.68. The molecule has 0 radical (unpaired) electrons. The van der Waals surface area contributed by atoms with E-state index in [1.165, 1.54) is 0 Å². The van der Waals surface area contributed by atoms with Gasteiger partial charge in [-0.1, -0.05) is 24.3 Å². The number of rotatable bonds is 3. The fourth-order valence-corrected chi connectivity index (χ4v) is 1.26. The van der Waals surface area contributed by atoms with Crippen LogP contribution in [-0.4, -0.2) is 11.6 Å². The molecule has 4 nitrogen and oxygen atoms in total. The molecule has 0 unspecified atom stereocenters. The van der Waals surface area contributed by atoms with Gasteiger partial charge in [0.1, 0.15) is 6.61 Å². The minimum absolute atomic E-state index is 0.271. The summed E-state index contributed by atoms with van der Waals surface area (Å²) in [7, 11) is 0. The van der Waals surface area contributed by atoms with Gasteiger partial charge < -0.3 is 15.8 Å². The summed E-state index contributed by atoms with van der Waals surface area (Å²) in [4.78, 5) is 11.4.